The van der Waals surface area contributed by atoms with Gasteiger partial charge in [-0.05, 0) is 16.8 Å². The fourth-order valence-corrected chi connectivity index (χ4v) is 1.17. The van der Waals surface area contributed by atoms with Gasteiger partial charge in [-0.2, -0.15) is 0 Å². The lowest BCUT2D eigenvalue weighted by atomic mass is 10.0. The Bertz CT molecular complexity index is 386. The third kappa shape index (κ3) is 1.82. The third-order valence-corrected chi connectivity index (χ3v) is 1.74. The van der Waals surface area contributed by atoms with Crippen LogP contribution in [0, 0.1) is 4.91 Å². The van der Waals surface area contributed by atoms with Crippen molar-refractivity contribution in [2.45, 2.75) is 6.42 Å². The highest BCUT2D eigenvalue weighted by Crippen LogP contribution is 2.22. The topological polar surface area (TPSA) is 83.8 Å². The van der Waals surface area contributed by atoms with Crippen LogP contribution < -0.4 is 0 Å². The highest BCUT2D eigenvalue weighted by Gasteiger charge is 2.15. The van der Waals surface area contributed by atoms with Gasteiger partial charge < -0.3 is 9.90 Å². The highest BCUT2D eigenvalue weighted by molar-refractivity contribution is 5.95. The third-order valence-electron chi connectivity index (χ3n) is 1.74. The number of carboxylic acid groups (broad SMARTS) is 1. The predicted octanol–water partition coefficient (Wildman–Crippen LogP) is 1.52. The van der Waals surface area contributed by atoms with E-state index in [1.54, 1.807) is 0 Å². The first-order valence-corrected chi connectivity index (χ1v) is 3.83. The summed E-state index contributed by atoms with van der Waals surface area (Å²) >= 11 is 0. The van der Waals surface area contributed by atoms with Crippen molar-refractivity contribution in [2.24, 2.45) is 5.18 Å². The predicted molar refractivity (Wildman–Crippen MR) is 48.6 cm³/mol. The van der Waals surface area contributed by atoms with Crippen molar-refractivity contribution in [1.82, 2.24) is 0 Å². The van der Waals surface area contributed by atoms with E-state index in [4.69, 9.17) is 5.11 Å². The molecule has 0 heterocycles. The zero-order valence-electron chi connectivity index (χ0n) is 7.14. The van der Waals surface area contributed by atoms with Gasteiger partial charge in [0.25, 0.3) is 0 Å². The van der Waals surface area contributed by atoms with Crippen LogP contribution in [0.25, 0.3) is 0 Å². The van der Waals surface area contributed by atoms with Crippen LogP contribution in [0.5, 0.6) is 0 Å². The number of nitrogens with zero attached hydrogens (tertiary/aromatic N) is 1. The van der Waals surface area contributed by atoms with Crippen LogP contribution in [0.3, 0.4) is 0 Å². The summed E-state index contributed by atoms with van der Waals surface area (Å²) in [6.07, 6.45) is 0.543. The summed E-state index contributed by atoms with van der Waals surface area (Å²) in [6.45, 7) is 0. The maximum absolute atomic E-state index is 10.8. The molecule has 14 heavy (non-hydrogen) atoms. The molecule has 1 aromatic carbocycles. The van der Waals surface area contributed by atoms with Crippen molar-refractivity contribution in [1.29, 1.82) is 0 Å². The second kappa shape index (κ2) is 4.27. The van der Waals surface area contributed by atoms with Crippen molar-refractivity contribution < 1.29 is 14.7 Å². The van der Waals surface area contributed by atoms with Crippen molar-refractivity contribution in [3.63, 3.8) is 0 Å². The number of carbonyl (C=O) groups excluding carboxylic acids is 1. The smallest absolute Gasteiger partial charge is 0.338 e. The van der Waals surface area contributed by atoms with Crippen molar-refractivity contribution in [3.8, 4) is 0 Å². The van der Waals surface area contributed by atoms with Gasteiger partial charge in [0.1, 0.15) is 12.0 Å². The highest BCUT2D eigenvalue weighted by atomic mass is 16.4. The van der Waals surface area contributed by atoms with E-state index in [0.717, 1.165) is 0 Å². The minimum absolute atomic E-state index is 0.0367. The quantitative estimate of drug-likeness (QED) is 0.580. The lowest BCUT2D eigenvalue weighted by molar-refractivity contribution is -0.107. The molecule has 0 aliphatic heterocycles. The Morgan fingerprint density at radius 2 is 2.21 bits per heavy atom. The molecule has 0 aliphatic rings. The maximum atomic E-state index is 10.8. The summed E-state index contributed by atoms with van der Waals surface area (Å²) in [4.78, 5) is 31.3. The molecule has 0 unspecified atom stereocenters. The SMILES string of the molecule is O=CCc1cccc(N=O)c1C(=O)O. The fourth-order valence-electron chi connectivity index (χ4n) is 1.17. The normalized spacial score (nSPS) is 9.43. The Kier molecular flexibility index (Phi) is 3.06. The molecule has 5 nitrogen and oxygen atoms in total. The molecule has 0 aromatic heterocycles. The van der Waals surface area contributed by atoms with Gasteiger partial charge in [0, 0.05) is 6.42 Å². The summed E-state index contributed by atoms with van der Waals surface area (Å²) in [6, 6.07) is 4.26. The number of hydrogen-bond acceptors (Lipinski definition) is 4. The number of aldehydes is 1. The van der Waals surface area contributed by atoms with Gasteiger partial charge in [-0.25, -0.2) is 4.79 Å². The van der Waals surface area contributed by atoms with E-state index in [2.05, 4.69) is 5.18 Å². The molecule has 0 bridgehead atoms. The number of hydrogen-bond donors (Lipinski definition) is 1. The summed E-state index contributed by atoms with van der Waals surface area (Å²) in [5, 5.41) is 11.4. The second-order valence-corrected chi connectivity index (χ2v) is 2.58. The van der Waals surface area contributed by atoms with Crippen molar-refractivity contribution >= 4 is 17.9 Å². The molecule has 1 aromatic rings. The first kappa shape index (κ1) is 10.0. The van der Waals surface area contributed by atoms with E-state index < -0.39 is 5.97 Å². The van der Waals surface area contributed by atoms with Crippen LogP contribution in [0.4, 0.5) is 5.69 Å². The van der Waals surface area contributed by atoms with E-state index in [1.807, 2.05) is 0 Å². The van der Waals surface area contributed by atoms with Gasteiger partial charge in [0.05, 0.1) is 5.56 Å². The largest absolute Gasteiger partial charge is 0.478 e. The van der Waals surface area contributed by atoms with E-state index in [0.29, 0.717) is 11.8 Å². The minimum Gasteiger partial charge on any atom is -0.478 e. The van der Waals surface area contributed by atoms with E-state index >= 15 is 0 Å². The van der Waals surface area contributed by atoms with Crippen LogP contribution in [-0.4, -0.2) is 17.4 Å². The molecule has 0 fully saturated rings. The average Bonchev–Trinajstić information content (AvgIpc) is 2.17. The molecule has 0 radical (unpaired) electrons. The first-order chi connectivity index (χ1) is 6.70. The van der Waals surface area contributed by atoms with Crippen LogP contribution in [-0.2, 0) is 11.2 Å². The number of rotatable bonds is 4. The molecule has 1 rings (SSSR count). The number of carboxylic acids is 1. The Hall–Kier alpha value is -2.04. The molecule has 72 valence electrons. The second-order valence-electron chi connectivity index (χ2n) is 2.58. The summed E-state index contributed by atoms with van der Waals surface area (Å²) in [7, 11) is 0. The zero-order chi connectivity index (χ0) is 10.6. The number of carbonyl (C=O) groups is 2. The molecule has 1 N–H and O–H groups in total. The minimum atomic E-state index is -1.25. The van der Waals surface area contributed by atoms with E-state index in [1.165, 1.54) is 18.2 Å². The van der Waals surface area contributed by atoms with Crippen molar-refractivity contribution in [3.05, 3.63) is 34.2 Å². The number of benzene rings is 1. The molecular weight excluding hydrogens is 186 g/mol. The number of aromatic carboxylic acids is 1. The summed E-state index contributed by atoms with van der Waals surface area (Å²) in [5.74, 6) is -1.25. The van der Waals surface area contributed by atoms with Crippen LogP contribution in [0.15, 0.2) is 23.4 Å². The Morgan fingerprint density at radius 3 is 2.71 bits per heavy atom. The maximum Gasteiger partial charge on any atom is 0.338 e. The van der Waals surface area contributed by atoms with Crippen LogP contribution in [0.2, 0.25) is 0 Å². The molecule has 0 saturated carbocycles. The fraction of sp³-hybridized carbons (Fsp3) is 0.111. The molecule has 0 spiro atoms. The molecule has 0 atom stereocenters. The van der Waals surface area contributed by atoms with Crippen molar-refractivity contribution in [2.75, 3.05) is 0 Å². The molecular formula is C9H7NO4. The van der Waals surface area contributed by atoms with Gasteiger partial charge in [-0.15, -0.1) is 4.91 Å². The molecule has 5 heteroatoms. The standard InChI is InChI=1S/C9H7NO4/c11-5-4-6-2-1-3-7(10-14)8(6)9(12)13/h1-3,5H,4H2,(H,12,13). The Morgan fingerprint density at radius 1 is 1.50 bits per heavy atom. The van der Waals surface area contributed by atoms with Gasteiger partial charge >= 0.3 is 5.97 Å². The van der Waals surface area contributed by atoms with Gasteiger partial charge in [-0.3, -0.25) is 0 Å². The van der Waals surface area contributed by atoms with Gasteiger partial charge in [-0.1, -0.05) is 12.1 Å². The first-order valence-electron chi connectivity index (χ1n) is 3.83. The lowest BCUT2D eigenvalue weighted by Crippen LogP contribution is -2.03. The Balaban J connectivity index is 3.34. The summed E-state index contributed by atoms with van der Waals surface area (Å²) in [5.41, 5.74) is -0.0592. The van der Waals surface area contributed by atoms with E-state index in [9.17, 15) is 14.5 Å². The average molecular weight is 193 g/mol. The summed E-state index contributed by atoms with van der Waals surface area (Å²) < 4.78 is 0. The number of nitroso groups, excluding NO2 is 1. The molecule has 0 aliphatic carbocycles. The van der Waals surface area contributed by atoms with Gasteiger partial charge in [0.15, 0.2) is 0 Å². The van der Waals surface area contributed by atoms with E-state index in [-0.39, 0.29) is 17.7 Å². The molecule has 0 saturated heterocycles. The van der Waals surface area contributed by atoms with Gasteiger partial charge in [0.2, 0.25) is 0 Å². The molecule has 0 amide bonds. The monoisotopic (exact) mass is 193 g/mol. The zero-order valence-corrected chi connectivity index (χ0v) is 7.14. The van der Waals surface area contributed by atoms with Crippen LogP contribution >= 0.6 is 0 Å². The lowest BCUT2D eigenvalue weighted by Gasteiger charge is -2.03. The van der Waals surface area contributed by atoms with Crippen LogP contribution in [0.1, 0.15) is 15.9 Å². The Labute approximate surface area is 79.3 Å².